The number of nitrogens with zero attached hydrogens (tertiary/aromatic N) is 1. The number of hydrogen-bond donors (Lipinski definition) is 3. The summed E-state index contributed by atoms with van der Waals surface area (Å²) >= 11 is 1.12. The van der Waals surface area contributed by atoms with E-state index < -0.39 is 16.6 Å². The lowest BCUT2D eigenvalue weighted by molar-refractivity contribution is 0.0780. The van der Waals surface area contributed by atoms with Crippen LogP contribution in [0.5, 0.6) is 0 Å². The summed E-state index contributed by atoms with van der Waals surface area (Å²) in [5.41, 5.74) is -0.576. The largest absolute Gasteiger partial charge is 0.396 e. The smallest absolute Gasteiger partial charge is 0.134 e. The van der Waals surface area contributed by atoms with E-state index in [1.54, 1.807) is 13.8 Å². The molecule has 1 aromatic heterocycles. The minimum absolute atomic E-state index is 0.0841. The Kier molecular flexibility index (Phi) is 3.96. The van der Waals surface area contributed by atoms with Gasteiger partial charge < -0.3 is 10.2 Å². The third-order valence-corrected chi connectivity index (χ3v) is 4.27. The molecule has 0 saturated carbocycles. The van der Waals surface area contributed by atoms with Crippen molar-refractivity contribution in [3.05, 3.63) is 10.7 Å². The maximum atomic E-state index is 11.2. The van der Waals surface area contributed by atoms with E-state index in [4.69, 9.17) is 10.2 Å². The van der Waals surface area contributed by atoms with E-state index in [-0.39, 0.29) is 6.61 Å². The van der Waals surface area contributed by atoms with Gasteiger partial charge in [-0.3, -0.25) is 0 Å². The standard InChI is InChI=1S/C8H14N2O3S2/c1-8(2,12)7-10-5(3-4-11)6(14-7)15(9)13/h11-12H,3-4,9H2,1-2H3. The molecular weight excluding hydrogens is 236 g/mol. The average Bonchev–Trinajstić information content (AvgIpc) is 2.48. The van der Waals surface area contributed by atoms with Crippen molar-refractivity contribution < 1.29 is 14.4 Å². The quantitative estimate of drug-likeness (QED) is 0.694. The molecule has 0 aliphatic carbocycles. The van der Waals surface area contributed by atoms with Gasteiger partial charge in [0, 0.05) is 13.0 Å². The van der Waals surface area contributed by atoms with Crippen molar-refractivity contribution in [3.8, 4) is 0 Å². The van der Waals surface area contributed by atoms with Gasteiger partial charge in [0.25, 0.3) is 0 Å². The fraction of sp³-hybridized carbons (Fsp3) is 0.625. The first-order valence-electron chi connectivity index (χ1n) is 4.36. The first kappa shape index (κ1) is 12.7. The van der Waals surface area contributed by atoms with Crippen LogP contribution in [-0.4, -0.2) is 26.0 Å². The molecule has 1 atom stereocenters. The highest BCUT2D eigenvalue weighted by Gasteiger charge is 2.24. The molecule has 7 heteroatoms. The van der Waals surface area contributed by atoms with Gasteiger partial charge in [-0.1, -0.05) is 0 Å². The highest BCUT2D eigenvalue weighted by molar-refractivity contribution is 7.85. The Morgan fingerprint density at radius 2 is 2.20 bits per heavy atom. The lowest BCUT2D eigenvalue weighted by atomic mass is 10.1. The molecule has 15 heavy (non-hydrogen) atoms. The SMILES string of the molecule is CC(C)(O)c1nc(CCO)c(S(N)=O)s1. The molecule has 1 rings (SSSR count). The van der Waals surface area contributed by atoms with Crippen LogP contribution in [-0.2, 0) is 23.0 Å². The minimum atomic E-state index is -1.62. The Hall–Kier alpha value is -0.340. The lowest BCUT2D eigenvalue weighted by Gasteiger charge is -2.12. The van der Waals surface area contributed by atoms with Crippen molar-refractivity contribution in [2.24, 2.45) is 5.14 Å². The third kappa shape index (κ3) is 3.05. The number of rotatable bonds is 4. The molecule has 0 aromatic carbocycles. The van der Waals surface area contributed by atoms with Gasteiger partial charge in [0.2, 0.25) is 0 Å². The molecule has 0 saturated heterocycles. The van der Waals surface area contributed by atoms with Gasteiger partial charge in [0.05, 0.1) is 5.69 Å². The molecule has 0 amide bonds. The zero-order valence-electron chi connectivity index (χ0n) is 8.56. The summed E-state index contributed by atoms with van der Waals surface area (Å²) in [6.45, 7) is 3.11. The van der Waals surface area contributed by atoms with Crippen LogP contribution in [0.4, 0.5) is 0 Å². The van der Waals surface area contributed by atoms with E-state index in [1.807, 2.05) is 0 Å². The number of nitrogens with two attached hydrogens (primary N) is 1. The molecule has 1 heterocycles. The number of aliphatic hydroxyl groups is 2. The third-order valence-electron chi connectivity index (χ3n) is 1.72. The fourth-order valence-corrected chi connectivity index (χ4v) is 2.81. The number of hydrogen-bond acceptors (Lipinski definition) is 5. The zero-order valence-corrected chi connectivity index (χ0v) is 10.2. The molecule has 86 valence electrons. The predicted molar refractivity (Wildman–Crippen MR) is 58.7 cm³/mol. The normalized spacial score (nSPS) is 14.2. The van der Waals surface area contributed by atoms with Crippen LogP contribution in [0.25, 0.3) is 0 Å². The summed E-state index contributed by atoms with van der Waals surface area (Å²) in [6.07, 6.45) is 0.296. The van der Waals surface area contributed by atoms with Gasteiger partial charge in [0.15, 0.2) is 0 Å². The first-order valence-corrected chi connectivity index (χ1v) is 6.38. The van der Waals surface area contributed by atoms with E-state index >= 15 is 0 Å². The number of aromatic nitrogens is 1. The van der Waals surface area contributed by atoms with Crippen molar-refractivity contribution in [2.45, 2.75) is 30.1 Å². The molecule has 0 bridgehead atoms. The Morgan fingerprint density at radius 1 is 1.60 bits per heavy atom. The van der Waals surface area contributed by atoms with E-state index in [2.05, 4.69) is 4.98 Å². The minimum Gasteiger partial charge on any atom is -0.396 e. The summed E-state index contributed by atoms with van der Waals surface area (Å²) < 4.78 is 11.6. The van der Waals surface area contributed by atoms with Crippen LogP contribution in [0.15, 0.2) is 4.21 Å². The van der Waals surface area contributed by atoms with Gasteiger partial charge in [-0.05, 0) is 13.8 Å². The molecule has 0 spiro atoms. The maximum absolute atomic E-state index is 11.2. The van der Waals surface area contributed by atoms with Crippen molar-refractivity contribution in [1.29, 1.82) is 0 Å². The summed E-state index contributed by atoms with van der Waals surface area (Å²) in [5, 5.41) is 24.3. The molecule has 1 unspecified atom stereocenters. The lowest BCUT2D eigenvalue weighted by Crippen LogP contribution is -2.15. The van der Waals surface area contributed by atoms with Crippen LogP contribution < -0.4 is 5.14 Å². The molecule has 0 aliphatic rings. The molecule has 4 N–H and O–H groups in total. The highest BCUT2D eigenvalue weighted by Crippen LogP contribution is 2.29. The molecule has 1 aromatic rings. The van der Waals surface area contributed by atoms with Crippen molar-refractivity contribution in [2.75, 3.05) is 6.61 Å². The highest BCUT2D eigenvalue weighted by atomic mass is 32.2. The topological polar surface area (TPSA) is 96.4 Å². The van der Waals surface area contributed by atoms with Gasteiger partial charge in [0.1, 0.15) is 25.8 Å². The Labute approximate surface area is 94.6 Å². The second-order valence-corrected chi connectivity index (χ2v) is 5.84. The monoisotopic (exact) mass is 250 g/mol. The molecule has 0 radical (unpaired) electrons. The number of thiazole rings is 1. The Bertz CT molecular complexity index is 370. The zero-order chi connectivity index (χ0) is 11.6. The second kappa shape index (κ2) is 4.67. The van der Waals surface area contributed by atoms with Crippen LogP contribution >= 0.6 is 11.3 Å². The van der Waals surface area contributed by atoms with Gasteiger partial charge in [-0.15, -0.1) is 11.3 Å². The van der Waals surface area contributed by atoms with Crippen LogP contribution in [0.1, 0.15) is 24.5 Å². The fourth-order valence-electron chi connectivity index (χ4n) is 1.02. The van der Waals surface area contributed by atoms with Crippen molar-refractivity contribution >= 4 is 22.3 Å². The molecular formula is C8H14N2O3S2. The van der Waals surface area contributed by atoms with Gasteiger partial charge in [-0.2, -0.15) is 0 Å². The summed E-state index contributed by atoms with van der Waals surface area (Å²) in [7, 11) is -1.62. The summed E-state index contributed by atoms with van der Waals surface area (Å²) in [4.78, 5) is 4.13. The second-order valence-electron chi connectivity index (χ2n) is 3.58. The summed E-state index contributed by atoms with van der Waals surface area (Å²) in [5.74, 6) is 0. The van der Waals surface area contributed by atoms with Crippen molar-refractivity contribution in [3.63, 3.8) is 0 Å². The maximum Gasteiger partial charge on any atom is 0.134 e. The van der Waals surface area contributed by atoms with Crippen molar-refractivity contribution in [1.82, 2.24) is 4.98 Å². The average molecular weight is 250 g/mol. The Balaban J connectivity index is 3.15. The first-order chi connectivity index (χ1) is 6.86. The van der Waals surface area contributed by atoms with Gasteiger partial charge in [-0.25, -0.2) is 14.3 Å². The predicted octanol–water partition coefficient (Wildman–Crippen LogP) is -0.113. The molecule has 0 aliphatic heterocycles. The number of aliphatic hydroxyl groups excluding tert-OH is 1. The van der Waals surface area contributed by atoms with E-state index in [0.29, 0.717) is 21.3 Å². The van der Waals surface area contributed by atoms with Crippen LogP contribution in [0.2, 0.25) is 0 Å². The van der Waals surface area contributed by atoms with Gasteiger partial charge >= 0.3 is 0 Å². The Morgan fingerprint density at radius 3 is 2.60 bits per heavy atom. The van der Waals surface area contributed by atoms with E-state index in [1.165, 1.54) is 0 Å². The summed E-state index contributed by atoms with van der Waals surface area (Å²) in [6, 6.07) is 0. The van der Waals surface area contributed by atoms with Crippen LogP contribution in [0.3, 0.4) is 0 Å². The molecule has 5 nitrogen and oxygen atoms in total. The van der Waals surface area contributed by atoms with E-state index in [0.717, 1.165) is 11.3 Å². The molecule has 0 fully saturated rings. The van der Waals surface area contributed by atoms with Crippen LogP contribution in [0, 0.1) is 0 Å². The van der Waals surface area contributed by atoms with E-state index in [9.17, 15) is 9.32 Å².